The summed E-state index contributed by atoms with van der Waals surface area (Å²) in [6, 6.07) is 6.97. The van der Waals surface area contributed by atoms with Crippen molar-refractivity contribution in [1.82, 2.24) is 0 Å². The molecule has 0 spiro atoms. The molecule has 1 aromatic carbocycles. The highest BCUT2D eigenvalue weighted by Gasteiger charge is 2.08. The highest BCUT2D eigenvalue weighted by molar-refractivity contribution is 8.69. The van der Waals surface area contributed by atoms with Gasteiger partial charge in [-0.15, -0.1) is 0 Å². The number of nitrogens with two attached hydrogens (primary N) is 4. The fourth-order valence-corrected chi connectivity index (χ4v) is 4.32. The lowest BCUT2D eigenvalue weighted by Crippen LogP contribution is -2.10. The Bertz CT molecular complexity index is 410. The second kappa shape index (κ2) is 5.44. The summed E-state index contributed by atoms with van der Waals surface area (Å²) in [5.41, 5.74) is 19.8. The van der Waals surface area contributed by atoms with Crippen molar-refractivity contribution in [2.45, 2.75) is 4.90 Å². The van der Waals surface area contributed by atoms with E-state index in [1.54, 1.807) is 24.3 Å². The van der Waals surface area contributed by atoms with Crippen LogP contribution in [0.4, 0.5) is 0 Å². The summed E-state index contributed by atoms with van der Waals surface area (Å²) in [6.45, 7) is -2.68. The summed E-state index contributed by atoms with van der Waals surface area (Å²) in [6.07, 6.45) is 0. The Balaban J connectivity index is 2.76. The molecular formula is C6H12N4OP2S3. The van der Waals surface area contributed by atoms with Gasteiger partial charge in [0.05, 0.1) is 0 Å². The molecule has 90 valence electrons. The van der Waals surface area contributed by atoms with Crippen LogP contribution in [0.2, 0.25) is 0 Å². The van der Waals surface area contributed by atoms with Gasteiger partial charge in [0, 0.05) is 4.90 Å². The van der Waals surface area contributed by atoms with E-state index in [1.165, 1.54) is 11.4 Å². The van der Waals surface area contributed by atoms with Crippen LogP contribution in [0.5, 0.6) is 5.75 Å². The quantitative estimate of drug-likeness (QED) is 0.617. The Labute approximate surface area is 108 Å². The highest BCUT2D eigenvalue weighted by atomic mass is 32.9. The van der Waals surface area contributed by atoms with Gasteiger partial charge in [-0.05, 0) is 36.1 Å². The summed E-state index contributed by atoms with van der Waals surface area (Å²) >= 11 is 11.0. The third kappa shape index (κ3) is 6.30. The molecule has 0 saturated heterocycles. The van der Waals surface area contributed by atoms with E-state index < -0.39 is 12.1 Å². The van der Waals surface area contributed by atoms with Crippen LogP contribution in [0.1, 0.15) is 0 Å². The first-order chi connectivity index (χ1) is 7.16. The summed E-state index contributed by atoms with van der Waals surface area (Å²) in [5.74, 6) is 0.528. The molecule has 0 radical (unpaired) electrons. The van der Waals surface area contributed by atoms with E-state index in [-0.39, 0.29) is 0 Å². The summed E-state index contributed by atoms with van der Waals surface area (Å²) in [5, 5.41) is 0. The molecule has 0 amide bonds. The molecule has 0 fully saturated rings. The smallest absolute Gasteiger partial charge is 0.242 e. The van der Waals surface area contributed by atoms with Gasteiger partial charge in [0.2, 0.25) is 6.57 Å². The van der Waals surface area contributed by atoms with E-state index in [0.717, 1.165) is 4.90 Å². The Morgan fingerprint density at radius 3 is 1.88 bits per heavy atom. The van der Waals surface area contributed by atoms with E-state index in [4.69, 9.17) is 50.2 Å². The van der Waals surface area contributed by atoms with Crippen molar-refractivity contribution in [2.24, 2.45) is 22.0 Å². The zero-order chi connectivity index (χ0) is 12.4. The molecule has 10 heteroatoms. The van der Waals surface area contributed by atoms with Gasteiger partial charge < -0.3 is 4.52 Å². The SMILES string of the molecule is NP(N)(=S)Oc1ccc(SP(N)(N)=S)cc1. The fraction of sp³-hybridized carbons (Fsp3) is 0. The molecule has 0 atom stereocenters. The molecule has 16 heavy (non-hydrogen) atoms. The van der Waals surface area contributed by atoms with Crippen molar-refractivity contribution >= 4 is 47.1 Å². The standard InChI is InChI=1S/C6H12N4OP2S3/c7-12(8,14)11-5-1-3-6(4-2-5)16-13(9,10)15/h1-4H,(H4,7,8,14)(H4,9,10,15). The highest BCUT2D eigenvalue weighted by Crippen LogP contribution is 2.48. The van der Waals surface area contributed by atoms with E-state index in [2.05, 4.69) is 0 Å². The minimum Gasteiger partial charge on any atom is -0.441 e. The van der Waals surface area contributed by atoms with Gasteiger partial charge >= 0.3 is 0 Å². The van der Waals surface area contributed by atoms with Gasteiger partial charge in [0.1, 0.15) is 11.3 Å². The second-order valence-corrected chi connectivity index (χ2v) is 12.9. The topological polar surface area (TPSA) is 113 Å². The zero-order valence-electron chi connectivity index (χ0n) is 8.15. The third-order valence-electron chi connectivity index (χ3n) is 1.32. The number of rotatable bonds is 4. The Morgan fingerprint density at radius 2 is 1.50 bits per heavy atom. The van der Waals surface area contributed by atoms with Crippen molar-refractivity contribution in [3.8, 4) is 5.75 Å². The largest absolute Gasteiger partial charge is 0.441 e. The van der Waals surface area contributed by atoms with Gasteiger partial charge in [-0.1, -0.05) is 23.2 Å². The van der Waals surface area contributed by atoms with Gasteiger partial charge in [-0.2, -0.15) is 0 Å². The lowest BCUT2D eigenvalue weighted by atomic mass is 10.3. The maximum Gasteiger partial charge on any atom is 0.242 e. The van der Waals surface area contributed by atoms with Crippen molar-refractivity contribution in [1.29, 1.82) is 0 Å². The summed E-state index contributed by atoms with van der Waals surface area (Å²) < 4.78 is 5.18. The lowest BCUT2D eigenvalue weighted by Gasteiger charge is -2.13. The molecule has 0 unspecified atom stereocenters. The molecular weight excluding hydrogens is 302 g/mol. The van der Waals surface area contributed by atoms with Crippen LogP contribution in [0.15, 0.2) is 29.2 Å². The van der Waals surface area contributed by atoms with Crippen molar-refractivity contribution in [3.63, 3.8) is 0 Å². The number of hydrogen-bond donors (Lipinski definition) is 4. The first kappa shape index (κ1) is 14.6. The zero-order valence-corrected chi connectivity index (χ0v) is 12.4. The van der Waals surface area contributed by atoms with Crippen molar-refractivity contribution in [3.05, 3.63) is 24.3 Å². The maximum absolute atomic E-state index is 5.59. The van der Waals surface area contributed by atoms with Crippen molar-refractivity contribution < 1.29 is 4.52 Å². The van der Waals surface area contributed by atoms with Crippen LogP contribution in [0, 0.1) is 0 Å². The second-order valence-electron chi connectivity index (χ2n) is 2.94. The Kier molecular flexibility index (Phi) is 4.95. The monoisotopic (exact) mass is 314 g/mol. The molecule has 5 nitrogen and oxygen atoms in total. The average molecular weight is 314 g/mol. The molecule has 0 bridgehead atoms. The van der Waals surface area contributed by atoms with Crippen molar-refractivity contribution in [2.75, 3.05) is 0 Å². The molecule has 8 N–H and O–H groups in total. The van der Waals surface area contributed by atoms with Crippen LogP contribution in [-0.2, 0) is 23.6 Å². The van der Waals surface area contributed by atoms with E-state index >= 15 is 0 Å². The van der Waals surface area contributed by atoms with Crippen LogP contribution >= 0.6 is 23.5 Å². The van der Waals surface area contributed by atoms with Crippen LogP contribution in [0.3, 0.4) is 0 Å². The third-order valence-corrected chi connectivity index (χ3v) is 4.97. The van der Waals surface area contributed by atoms with Gasteiger partial charge in [-0.25, -0.2) is 0 Å². The van der Waals surface area contributed by atoms with E-state index in [9.17, 15) is 0 Å². The van der Waals surface area contributed by atoms with E-state index in [1.807, 2.05) is 0 Å². The number of benzene rings is 1. The van der Waals surface area contributed by atoms with Gasteiger partial charge in [0.15, 0.2) is 0 Å². The first-order valence-corrected chi connectivity index (χ1v) is 11.2. The fourth-order valence-electron chi connectivity index (χ4n) is 0.891. The molecule has 0 aliphatic rings. The first-order valence-electron chi connectivity index (χ1n) is 3.99. The molecule has 0 aliphatic carbocycles. The lowest BCUT2D eigenvalue weighted by molar-refractivity contribution is 0.612. The predicted molar refractivity (Wildman–Crippen MR) is 78.2 cm³/mol. The van der Waals surface area contributed by atoms with E-state index in [0.29, 0.717) is 5.75 Å². The summed E-state index contributed by atoms with van der Waals surface area (Å²) in [7, 11) is 0. The Morgan fingerprint density at radius 1 is 1.00 bits per heavy atom. The van der Waals surface area contributed by atoms with Gasteiger partial charge in [0.25, 0.3) is 0 Å². The Hall–Kier alpha value is 0.510. The molecule has 0 heterocycles. The van der Waals surface area contributed by atoms with Crippen LogP contribution in [0.25, 0.3) is 0 Å². The number of hydrogen-bond acceptors (Lipinski definition) is 4. The molecule has 0 saturated carbocycles. The normalized spacial score (nSPS) is 12.5. The summed E-state index contributed by atoms with van der Waals surface area (Å²) in [4.78, 5) is 0.878. The maximum atomic E-state index is 5.59. The molecule has 0 aromatic heterocycles. The van der Waals surface area contributed by atoms with Crippen LogP contribution in [-0.4, -0.2) is 0 Å². The molecule has 0 aliphatic heterocycles. The molecule has 1 aromatic rings. The van der Waals surface area contributed by atoms with Gasteiger partial charge in [-0.3, -0.25) is 22.0 Å². The predicted octanol–water partition coefficient (Wildman–Crippen LogP) is 1.44. The minimum atomic E-state index is -2.68. The average Bonchev–Trinajstić information content (AvgIpc) is 2.03. The minimum absolute atomic E-state index is 0.528. The molecule has 1 rings (SSSR count). The van der Waals surface area contributed by atoms with Crippen LogP contribution < -0.4 is 26.5 Å².